The number of hydrogen-bond donors (Lipinski definition) is 1. The van der Waals surface area contributed by atoms with E-state index >= 15 is 0 Å². The minimum absolute atomic E-state index is 0.0874. The van der Waals surface area contributed by atoms with Crippen LogP contribution in [0.4, 0.5) is 0 Å². The SMILES string of the molecule is C=C(C)CNC(=O)c1ccccc1COC. The van der Waals surface area contributed by atoms with Gasteiger partial charge in [-0.2, -0.15) is 0 Å². The summed E-state index contributed by atoms with van der Waals surface area (Å²) in [6, 6.07) is 7.42. The lowest BCUT2D eigenvalue weighted by atomic mass is 10.1. The van der Waals surface area contributed by atoms with E-state index in [9.17, 15) is 4.79 Å². The smallest absolute Gasteiger partial charge is 0.251 e. The Morgan fingerprint density at radius 1 is 1.44 bits per heavy atom. The van der Waals surface area contributed by atoms with Crippen LogP contribution in [-0.4, -0.2) is 19.6 Å². The van der Waals surface area contributed by atoms with Crippen LogP contribution >= 0.6 is 0 Å². The zero-order chi connectivity index (χ0) is 12.0. The van der Waals surface area contributed by atoms with Crippen molar-refractivity contribution in [2.75, 3.05) is 13.7 Å². The second-order valence-corrected chi connectivity index (χ2v) is 3.73. The van der Waals surface area contributed by atoms with Crippen LogP contribution in [0.3, 0.4) is 0 Å². The fraction of sp³-hybridized carbons (Fsp3) is 0.308. The zero-order valence-corrected chi connectivity index (χ0v) is 9.75. The number of nitrogens with one attached hydrogen (secondary N) is 1. The topological polar surface area (TPSA) is 38.3 Å². The first-order valence-corrected chi connectivity index (χ1v) is 5.14. The largest absolute Gasteiger partial charge is 0.380 e. The van der Waals surface area contributed by atoms with E-state index in [1.807, 2.05) is 25.1 Å². The van der Waals surface area contributed by atoms with Gasteiger partial charge in [-0.3, -0.25) is 4.79 Å². The van der Waals surface area contributed by atoms with E-state index in [0.29, 0.717) is 18.7 Å². The number of carbonyl (C=O) groups is 1. The first-order valence-electron chi connectivity index (χ1n) is 5.14. The van der Waals surface area contributed by atoms with Crippen molar-refractivity contribution in [3.63, 3.8) is 0 Å². The number of benzene rings is 1. The third-order valence-corrected chi connectivity index (χ3v) is 2.11. The van der Waals surface area contributed by atoms with E-state index in [1.165, 1.54) is 0 Å². The lowest BCUT2D eigenvalue weighted by Gasteiger charge is -2.09. The van der Waals surface area contributed by atoms with E-state index in [1.54, 1.807) is 13.2 Å². The molecule has 1 amide bonds. The molecule has 0 fully saturated rings. The molecule has 0 unspecified atom stereocenters. The van der Waals surface area contributed by atoms with Crippen LogP contribution in [0.15, 0.2) is 36.4 Å². The first kappa shape index (κ1) is 12.5. The maximum atomic E-state index is 11.8. The van der Waals surface area contributed by atoms with Gasteiger partial charge in [0.1, 0.15) is 0 Å². The number of carbonyl (C=O) groups excluding carboxylic acids is 1. The van der Waals surface area contributed by atoms with E-state index in [0.717, 1.165) is 11.1 Å². The summed E-state index contributed by atoms with van der Waals surface area (Å²) in [5.74, 6) is -0.0874. The highest BCUT2D eigenvalue weighted by molar-refractivity contribution is 5.95. The molecular formula is C13H17NO2. The summed E-state index contributed by atoms with van der Waals surface area (Å²) >= 11 is 0. The van der Waals surface area contributed by atoms with Crippen molar-refractivity contribution in [1.82, 2.24) is 5.32 Å². The highest BCUT2D eigenvalue weighted by Crippen LogP contribution is 2.09. The van der Waals surface area contributed by atoms with Gasteiger partial charge >= 0.3 is 0 Å². The molecular weight excluding hydrogens is 202 g/mol. The minimum Gasteiger partial charge on any atom is -0.380 e. The van der Waals surface area contributed by atoms with Crippen LogP contribution in [0.2, 0.25) is 0 Å². The summed E-state index contributed by atoms with van der Waals surface area (Å²) in [6.07, 6.45) is 0. The molecule has 0 atom stereocenters. The average Bonchev–Trinajstić information content (AvgIpc) is 2.27. The maximum Gasteiger partial charge on any atom is 0.251 e. The standard InChI is InChI=1S/C13H17NO2/c1-10(2)8-14-13(15)12-7-5-4-6-11(12)9-16-3/h4-7H,1,8-9H2,2-3H3,(H,14,15). The Morgan fingerprint density at radius 2 is 2.12 bits per heavy atom. The summed E-state index contributed by atoms with van der Waals surface area (Å²) in [7, 11) is 1.61. The van der Waals surface area contributed by atoms with Crippen molar-refractivity contribution >= 4 is 5.91 Å². The molecule has 0 saturated carbocycles. The van der Waals surface area contributed by atoms with Crippen molar-refractivity contribution in [1.29, 1.82) is 0 Å². The minimum atomic E-state index is -0.0874. The van der Waals surface area contributed by atoms with Gasteiger partial charge in [-0.05, 0) is 18.6 Å². The van der Waals surface area contributed by atoms with E-state index in [2.05, 4.69) is 11.9 Å². The van der Waals surface area contributed by atoms with Gasteiger partial charge in [0.25, 0.3) is 5.91 Å². The summed E-state index contributed by atoms with van der Waals surface area (Å²) in [6.45, 7) is 6.56. The Hall–Kier alpha value is -1.61. The summed E-state index contributed by atoms with van der Waals surface area (Å²) in [4.78, 5) is 11.8. The van der Waals surface area contributed by atoms with Gasteiger partial charge in [-0.1, -0.05) is 30.4 Å². The van der Waals surface area contributed by atoms with Gasteiger partial charge < -0.3 is 10.1 Å². The Labute approximate surface area is 96.1 Å². The Balaban J connectivity index is 2.77. The molecule has 0 saturated heterocycles. The molecule has 1 aromatic carbocycles. The lowest BCUT2D eigenvalue weighted by molar-refractivity contribution is 0.0952. The molecule has 0 heterocycles. The van der Waals surface area contributed by atoms with Gasteiger partial charge in [-0.15, -0.1) is 0 Å². The van der Waals surface area contributed by atoms with Crippen molar-refractivity contribution in [3.8, 4) is 0 Å². The van der Waals surface area contributed by atoms with E-state index in [4.69, 9.17) is 4.74 Å². The van der Waals surface area contributed by atoms with Gasteiger partial charge in [0.15, 0.2) is 0 Å². The van der Waals surface area contributed by atoms with Crippen LogP contribution in [0.5, 0.6) is 0 Å². The van der Waals surface area contributed by atoms with Gasteiger partial charge in [0, 0.05) is 19.2 Å². The summed E-state index contributed by atoms with van der Waals surface area (Å²) in [5, 5.41) is 2.80. The third kappa shape index (κ3) is 3.51. The van der Waals surface area contributed by atoms with Crippen molar-refractivity contribution in [2.24, 2.45) is 0 Å². The highest BCUT2D eigenvalue weighted by atomic mass is 16.5. The molecule has 16 heavy (non-hydrogen) atoms. The molecule has 0 bridgehead atoms. The Bertz CT molecular complexity index is 385. The van der Waals surface area contributed by atoms with Gasteiger partial charge in [0.2, 0.25) is 0 Å². The van der Waals surface area contributed by atoms with Crippen LogP contribution < -0.4 is 5.32 Å². The molecule has 0 aromatic heterocycles. The fourth-order valence-electron chi connectivity index (χ4n) is 1.35. The second-order valence-electron chi connectivity index (χ2n) is 3.73. The third-order valence-electron chi connectivity index (χ3n) is 2.11. The zero-order valence-electron chi connectivity index (χ0n) is 9.75. The first-order chi connectivity index (χ1) is 7.65. The molecule has 0 aliphatic carbocycles. The van der Waals surface area contributed by atoms with E-state index < -0.39 is 0 Å². The van der Waals surface area contributed by atoms with Crippen LogP contribution in [0.1, 0.15) is 22.8 Å². The molecule has 86 valence electrons. The quantitative estimate of drug-likeness (QED) is 0.770. The van der Waals surface area contributed by atoms with E-state index in [-0.39, 0.29) is 5.91 Å². The normalized spacial score (nSPS) is 9.88. The molecule has 1 N–H and O–H groups in total. The molecule has 1 aromatic rings. The van der Waals surface area contributed by atoms with Crippen molar-refractivity contribution in [3.05, 3.63) is 47.5 Å². The molecule has 0 aliphatic rings. The highest BCUT2D eigenvalue weighted by Gasteiger charge is 2.09. The predicted molar refractivity (Wildman–Crippen MR) is 64.3 cm³/mol. The summed E-state index contributed by atoms with van der Waals surface area (Å²) in [5.41, 5.74) is 2.48. The Morgan fingerprint density at radius 3 is 2.75 bits per heavy atom. The monoisotopic (exact) mass is 219 g/mol. The lowest BCUT2D eigenvalue weighted by Crippen LogP contribution is -2.25. The Kier molecular flexibility index (Phi) is 4.73. The number of rotatable bonds is 5. The van der Waals surface area contributed by atoms with Crippen molar-refractivity contribution in [2.45, 2.75) is 13.5 Å². The second kappa shape index (κ2) is 6.08. The van der Waals surface area contributed by atoms with Crippen LogP contribution in [-0.2, 0) is 11.3 Å². The molecule has 0 aliphatic heterocycles. The number of ether oxygens (including phenoxy) is 1. The molecule has 0 radical (unpaired) electrons. The number of methoxy groups -OCH3 is 1. The predicted octanol–water partition coefficient (Wildman–Crippen LogP) is 2.14. The molecule has 3 heteroatoms. The van der Waals surface area contributed by atoms with Crippen molar-refractivity contribution < 1.29 is 9.53 Å². The molecule has 0 spiro atoms. The average molecular weight is 219 g/mol. The van der Waals surface area contributed by atoms with Crippen LogP contribution in [0, 0.1) is 0 Å². The van der Waals surface area contributed by atoms with Crippen LogP contribution in [0.25, 0.3) is 0 Å². The van der Waals surface area contributed by atoms with Gasteiger partial charge in [-0.25, -0.2) is 0 Å². The molecule has 3 nitrogen and oxygen atoms in total. The van der Waals surface area contributed by atoms with Gasteiger partial charge in [0.05, 0.1) is 6.61 Å². The molecule has 1 rings (SSSR count). The number of hydrogen-bond acceptors (Lipinski definition) is 2. The summed E-state index contributed by atoms with van der Waals surface area (Å²) < 4.78 is 5.05. The number of amides is 1. The fourth-order valence-corrected chi connectivity index (χ4v) is 1.35. The maximum absolute atomic E-state index is 11.8.